The number of nitriles is 1. The number of allylic oxidation sites excluding steroid dienone is 4. The summed E-state index contributed by atoms with van der Waals surface area (Å²) in [7, 11) is 0. The predicted octanol–water partition coefficient (Wildman–Crippen LogP) is 2.88. The standard InChI is InChI=1S/C15H20N2O/c1-3-4-8-14-9-15(18)17-11-13(10-16)7-5-6-12(14)2/h5-7,9,12H,3-4,8,11H2,1-2H3,(H,17,18)/b6-5-,13-7-,14-9-. The monoisotopic (exact) mass is 244 g/mol. The summed E-state index contributed by atoms with van der Waals surface area (Å²) in [6.07, 6.45) is 10.6. The molecule has 0 saturated heterocycles. The summed E-state index contributed by atoms with van der Waals surface area (Å²) in [5.41, 5.74) is 1.72. The Balaban J connectivity index is 2.90. The molecular weight excluding hydrogens is 224 g/mol. The number of unbranched alkanes of at least 4 members (excludes halogenated alkanes) is 1. The summed E-state index contributed by atoms with van der Waals surface area (Å²) in [6, 6.07) is 2.08. The number of nitrogens with zero attached hydrogens (tertiary/aromatic N) is 1. The van der Waals surface area contributed by atoms with E-state index in [0.29, 0.717) is 12.1 Å². The highest BCUT2D eigenvalue weighted by Gasteiger charge is 2.09. The van der Waals surface area contributed by atoms with Crippen molar-refractivity contribution in [3.05, 3.63) is 35.5 Å². The van der Waals surface area contributed by atoms with Crippen LogP contribution in [-0.4, -0.2) is 12.5 Å². The molecule has 0 aromatic rings. The molecule has 1 aliphatic heterocycles. The third-order valence-electron chi connectivity index (χ3n) is 3.01. The summed E-state index contributed by atoms with van der Waals surface area (Å²) in [5, 5.41) is 11.6. The minimum atomic E-state index is -0.107. The highest BCUT2D eigenvalue weighted by atomic mass is 16.1. The first-order valence-electron chi connectivity index (χ1n) is 6.43. The molecule has 0 aromatic carbocycles. The fraction of sp³-hybridized carbons (Fsp3) is 0.467. The van der Waals surface area contributed by atoms with Gasteiger partial charge in [0.15, 0.2) is 0 Å². The van der Waals surface area contributed by atoms with Crippen LogP contribution in [0.1, 0.15) is 33.1 Å². The van der Waals surface area contributed by atoms with Crippen molar-refractivity contribution in [1.29, 1.82) is 5.26 Å². The summed E-state index contributed by atoms with van der Waals surface area (Å²) < 4.78 is 0. The Labute approximate surface area is 109 Å². The second-order valence-electron chi connectivity index (χ2n) is 4.52. The molecule has 1 heterocycles. The molecule has 1 unspecified atom stereocenters. The smallest absolute Gasteiger partial charge is 0.244 e. The quantitative estimate of drug-likeness (QED) is 0.830. The van der Waals surface area contributed by atoms with Crippen LogP contribution in [0.5, 0.6) is 0 Å². The topological polar surface area (TPSA) is 52.9 Å². The fourth-order valence-corrected chi connectivity index (χ4v) is 1.81. The molecule has 0 aromatic heterocycles. The molecule has 18 heavy (non-hydrogen) atoms. The maximum Gasteiger partial charge on any atom is 0.244 e. The Morgan fingerprint density at radius 3 is 3.00 bits per heavy atom. The van der Waals surface area contributed by atoms with E-state index in [0.717, 1.165) is 24.8 Å². The van der Waals surface area contributed by atoms with Gasteiger partial charge in [0.25, 0.3) is 0 Å². The second kappa shape index (κ2) is 7.50. The summed E-state index contributed by atoms with van der Waals surface area (Å²) in [4.78, 5) is 11.7. The van der Waals surface area contributed by atoms with Gasteiger partial charge in [0, 0.05) is 11.6 Å². The van der Waals surface area contributed by atoms with E-state index in [1.165, 1.54) is 0 Å². The first kappa shape index (κ1) is 14.2. The molecule has 1 atom stereocenters. The van der Waals surface area contributed by atoms with Crippen LogP contribution in [0, 0.1) is 17.2 Å². The Morgan fingerprint density at radius 2 is 2.33 bits per heavy atom. The van der Waals surface area contributed by atoms with Crippen LogP contribution in [0.3, 0.4) is 0 Å². The van der Waals surface area contributed by atoms with Crippen LogP contribution in [0.4, 0.5) is 0 Å². The fourth-order valence-electron chi connectivity index (χ4n) is 1.81. The van der Waals surface area contributed by atoms with Crippen LogP contribution in [0.15, 0.2) is 35.5 Å². The number of carbonyl (C=O) groups is 1. The number of rotatable bonds is 3. The van der Waals surface area contributed by atoms with Gasteiger partial charge < -0.3 is 5.32 Å². The first-order chi connectivity index (χ1) is 8.67. The highest BCUT2D eigenvalue weighted by Crippen LogP contribution is 2.19. The number of hydrogen-bond donors (Lipinski definition) is 1. The molecule has 1 N–H and O–H groups in total. The Bertz CT molecular complexity index is 424. The van der Waals surface area contributed by atoms with Gasteiger partial charge >= 0.3 is 0 Å². The van der Waals surface area contributed by atoms with Crippen LogP contribution >= 0.6 is 0 Å². The van der Waals surface area contributed by atoms with Crippen molar-refractivity contribution in [3.8, 4) is 6.07 Å². The number of carbonyl (C=O) groups excluding carboxylic acids is 1. The molecule has 1 rings (SSSR count). The molecule has 1 amide bonds. The summed E-state index contributed by atoms with van der Waals surface area (Å²) >= 11 is 0. The third kappa shape index (κ3) is 4.58. The van der Waals surface area contributed by atoms with E-state index in [4.69, 9.17) is 5.26 Å². The van der Waals surface area contributed by atoms with Gasteiger partial charge in [-0.05, 0) is 24.8 Å². The van der Waals surface area contributed by atoms with Gasteiger partial charge in [0.05, 0.1) is 12.6 Å². The molecule has 96 valence electrons. The van der Waals surface area contributed by atoms with E-state index in [1.54, 1.807) is 12.2 Å². The van der Waals surface area contributed by atoms with E-state index in [9.17, 15) is 4.79 Å². The molecule has 3 heteroatoms. The van der Waals surface area contributed by atoms with Crippen LogP contribution in [-0.2, 0) is 4.79 Å². The van der Waals surface area contributed by atoms with E-state index in [1.807, 2.05) is 12.2 Å². The van der Waals surface area contributed by atoms with E-state index < -0.39 is 0 Å². The van der Waals surface area contributed by atoms with Crippen molar-refractivity contribution in [3.63, 3.8) is 0 Å². The van der Waals surface area contributed by atoms with Crippen molar-refractivity contribution < 1.29 is 4.79 Å². The lowest BCUT2D eigenvalue weighted by Gasteiger charge is -2.13. The zero-order valence-corrected chi connectivity index (χ0v) is 11.1. The van der Waals surface area contributed by atoms with Crippen LogP contribution in [0.2, 0.25) is 0 Å². The third-order valence-corrected chi connectivity index (χ3v) is 3.01. The average molecular weight is 244 g/mol. The van der Waals surface area contributed by atoms with Gasteiger partial charge in [-0.3, -0.25) is 4.79 Å². The SMILES string of the molecule is CCCC/C1=C/C(=O)NC/C(C#N)=C\C=C/C1C. The Morgan fingerprint density at radius 1 is 1.56 bits per heavy atom. The Kier molecular flexibility index (Phi) is 5.93. The number of hydrogen-bond acceptors (Lipinski definition) is 2. The van der Waals surface area contributed by atoms with E-state index in [-0.39, 0.29) is 11.8 Å². The molecule has 3 nitrogen and oxygen atoms in total. The van der Waals surface area contributed by atoms with Crippen molar-refractivity contribution in [1.82, 2.24) is 5.32 Å². The molecule has 0 fully saturated rings. The summed E-state index contributed by atoms with van der Waals surface area (Å²) in [5.74, 6) is 0.126. The zero-order valence-electron chi connectivity index (χ0n) is 11.1. The number of nitrogens with one attached hydrogen (secondary N) is 1. The van der Waals surface area contributed by atoms with Gasteiger partial charge in [-0.1, -0.05) is 38.0 Å². The predicted molar refractivity (Wildman–Crippen MR) is 72.6 cm³/mol. The van der Waals surface area contributed by atoms with Crippen molar-refractivity contribution in [2.75, 3.05) is 6.54 Å². The lowest BCUT2D eigenvalue weighted by Crippen LogP contribution is -2.24. The highest BCUT2D eigenvalue weighted by molar-refractivity contribution is 5.88. The largest absolute Gasteiger partial charge is 0.348 e. The molecule has 1 aliphatic rings. The van der Waals surface area contributed by atoms with E-state index >= 15 is 0 Å². The van der Waals surface area contributed by atoms with Gasteiger partial charge in [-0.2, -0.15) is 5.26 Å². The normalized spacial score (nSPS) is 28.1. The minimum absolute atomic E-state index is 0.107. The molecule has 0 bridgehead atoms. The zero-order chi connectivity index (χ0) is 13.4. The molecule has 0 radical (unpaired) electrons. The molecule has 0 saturated carbocycles. The van der Waals surface area contributed by atoms with Crippen molar-refractivity contribution in [2.24, 2.45) is 5.92 Å². The molecular formula is C15H20N2O. The minimum Gasteiger partial charge on any atom is -0.348 e. The lowest BCUT2D eigenvalue weighted by atomic mass is 9.94. The molecule has 0 spiro atoms. The Hall–Kier alpha value is -1.82. The van der Waals surface area contributed by atoms with Crippen LogP contribution in [0.25, 0.3) is 0 Å². The molecule has 0 aliphatic carbocycles. The first-order valence-corrected chi connectivity index (χ1v) is 6.43. The average Bonchev–Trinajstić information content (AvgIpc) is 2.37. The maximum absolute atomic E-state index is 11.7. The van der Waals surface area contributed by atoms with Gasteiger partial charge in [-0.15, -0.1) is 0 Å². The van der Waals surface area contributed by atoms with Crippen LogP contribution < -0.4 is 5.32 Å². The van der Waals surface area contributed by atoms with Crippen molar-refractivity contribution >= 4 is 5.91 Å². The summed E-state index contributed by atoms with van der Waals surface area (Å²) in [6.45, 7) is 4.52. The second-order valence-corrected chi connectivity index (χ2v) is 4.52. The lowest BCUT2D eigenvalue weighted by molar-refractivity contribution is -0.116. The van der Waals surface area contributed by atoms with Gasteiger partial charge in [-0.25, -0.2) is 0 Å². The van der Waals surface area contributed by atoms with Gasteiger partial charge in [0.1, 0.15) is 0 Å². The maximum atomic E-state index is 11.7. The van der Waals surface area contributed by atoms with E-state index in [2.05, 4.69) is 25.2 Å². The number of amides is 1. The van der Waals surface area contributed by atoms with Gasteiger partial charge in [0.2, 0.25) is 5.91 Å². The van der Waals surface area contributed by atoms with Crippen molar-refractivity contribution in [2.45, 2.75) is 33.1 Å².